The summed E-state index contributed by atoms with van der Waals surface area (Å²) in [6.45, 7) is 0. The third kappa shape index (κ3) is 2.71. The van der Waals surface area contributed by atoms with Crippen molar-refractivity contribution >= 4 is 34.4 Å². The van der Waals surface area contributed by atoms with E-state index in [0.717, 1.165) is 11.8 Å². The highest BCUT2D eigenvalue weighted by Crippen LogP contribution is 2.11. The van der Waals surface area contributed by atoms with Crippen molar-refractivity contribution in [1.82, 2.24) is 10.3 Å². The van der Waals surface area contributed by atoms with Crippen LogP contribution in [-0.4, -0.2) is 22.3 Å². The zero-order chi connectivity index (χ0) is 10.6. The summed E-state index contributed by atoms with van der Waals surface area (Å²) in [5.74, 6) is -0.414. The summed E-state index contributed by atoms with van der Waals surface area (Å²) in [4.78, 5) is 15.2. The van der Waals surface area contributed by atoms with Gasteiger partial charge < -0.3 is 5.32 Å². The van der Waals surface area contributed by atoms with Gasteiger partial charge in [-0.15, -0.1) is 0 Å². The molecule has 4 nitrogen and oxygen atoms in total. The number of amidine groups is 1. The molecule has 0 saturated carbocycles. The molecule has 0 bridgehead atoms. The summed E-state index contributed by atoms with van der Waals surface area (Å²) in [6, 6.07) is 3.17. The minimum atomic E-state index is -0.414. The molecule has 0 aliphatic carbocycles. The molecular formula is C8H8ClN3OS. The molecule has 6 heteroatoms. The van der Waals surface area contributed by atoms with E-state index in [4.69, 9.17) is 17.0 Å². The summed E-state index contributed by atoms with van der Waals surface area (Å²) in [6.07, 6.45) is 3.20. The number of rotatable bonds is 1. The molecule has 1 aromatic rings. The van der Waals surface area contributed by atoms with Gasteiger partial charge in [0.2, 0.25) is 0 Å². The average Bonchev–Trinajstić information content (AvgIpc) is 2.18. The number of nitrogens with zero attached hydrogens (tertiary/aromatic N) is 1. The molecule has 0 spiro atoms. The van der Waals surface area contributed by atoms with Crippen LogP contribution >= 0.6 is 23.4 Å². The van der Waals surface area contributed by atoms with Crippen LogP contribution in [0.5, 0.6) is 0 Å². The van der Waals surface area contributed by atoms with E-state index in [1.807, 2.05) is 0 Å². The van der Waals surface area contributed by atoms with Crippen molar-refractivity contribution in [3.63, 3.8) is 0 Å². The Labute approximate surface area is 90.6 Å². The highest BCUT2D eigenvalue weighted by Gasteiger charge is 2.11. The van der Waals surface area contributed by atoms with Gasteiger partial charge in [-0.2, -0.15) is 0 Å². The van der Waals surface area contributed by atoms with Crippen molar-refractivity contribution in [3.8, 4) is 0 Å². The first-order valence-electron chi connectivity index (χ1n) is 3.69. The van der Waals surface area contributed by atoms with Gasteiger partial charge >= 0.3 is 0 Å². The topological polar surface area (TPSA) is 65.8 Å². The smallest absolute Gasteiger partial charge is 0.260 e. The van der Waals surface area contributed by atoms with Gasteiger partial charge in [0.05, 0.1) is 5.56 Å². The number of hydrogen-bond acceptors (Lipinski definition) is 4. The van der Waals surface area contributed by atoms with Gasteiger partial charge in [0.1, 0.15) is 5.15 Å². The van der Waals surface area contributed by atoms with Gasteiger partial charge in [-0.3, -0.25) is 10.2 Å². The highest BCUT2D eigenvalue weighted by atomic mass is 35.5. The maximum absolute atomic E-state index is 11.4. The second-order valence-corrected chi connectivity index (χ2v) is 3.50. The molecule has 74 valence electrons. The third-order valence-electron chi connectivity index (χ3n) is 1.43. The predicted molar refractivity (Wildman–Crippen MR) is 58.0 cm³/mol. The van der Waals surface area contributed by atoms with Gasteiger partial charge in [0.25, 0.3) is 5.91 Å². The summed E-state index contributed by atoms with van der Waals surface area (Å²) < 4.78 is 0. The monoisotopic (exact) mass is 229 g/mol. The number of pyridine rings is 1. The van der Waals surface area contributed by atoms with E-state index >= 15 is 0 Å². The lowest BCUT2D eigenvalue weighted by atomic mass is 10.3. The molecule has 1 heterocycles. The second-order valence-electron chi connectivity index (χ2n) is 2.33. The van der Waals surface area contributed by atoms with Crippen LogP contribution in [0, 0.1) is 5.41 Å². The number of carbonyl (C=O) groups is 1. The first-order chi connectivity index (χ1) is 6.65. The van der Waals surface area contributed by atoms with Crippen molar-refractivity contribution < 1.29 is 4.79 Å². The minimum absolute atomic E-state index is 0.0786. The van der Waals surface area contributed by atoms with Gasteiger partial charge in [0, 0.05) is 6.20 Å². The first kappa shape index (κ1) is 11.0. The standard InChI is InChI=1S/C8H8ClN3OS/c1-14-8(10)12-7(13)5-3-2-4-11-6(5)9/h2-4H,1H3,(H2,10,12,13). The zero-order valence-electron chi connectivity index (χ0n) is 7.37. The van der Waals surface area contributed by atoms with E-state index in [0.29, 0.717) is 0 Å². The lowest BCUT2D eigenvalue weighted by Gasteiger charge is -2.04. The highest BCUT2D eigenvalue weighted by molar-refractivity contribution is 8.13. The van der Waals surface area contributed by atoms with Crippen molar-refractivity contribution in [2.45, 2.75) is 0 Å². The van der Waals surface area contributed by atoms with Crippen molar-refractivity contribution in [2.24, 2.45) is 0 Å². The fraction of sp³-hybridized carbons (Fsp3) is 0.125. The number of nitrogens with one attached hydrogen (secondary N) is 2. The Morgan fingerprint density at radius 2 is 2.43 bits per heavy atom. The number of hydrogen-bond donors (Lipinski definition) is 2. The predicted octanol–water partition coefficient (Wildman–Crippen LogP) is 1.76. The van der Waals surface area contributed by atoms with E-state index in [1.165, 1.54) is 6.20 Å². The van der Waals surface area contributed by atoms with Gasteiger partial charge in [0.15, 0.2) is 5.17 Å². The molecule has 0 aliphatic rings. The lowest BCUT2D eigenvalue weighted by molar-refractivity contribution is 0.0977. The van der Waals surface area contributed by atoms with Crippen LogP contribution in [0.3, 0.4) is 0 Å². The molecule has 1 aromatic heterocycles. The Kier molecular flexibility index (Phi) is 3.91. The molecule has 0 aliphatic heterocycles. The number of halogens is 1. The number of thioether (sulfide) groups is 1. The Morgan fingerprint density at radius 3 is 3.00 bits per heavy atom. The van der Waals surface area contributed by atoms with E-state index in [1.54, 1.807) is 18.4 Å². The normalized spacial score (nSPS) is 9.57. The van der Waals surface area contributed by atoms with Gasteiger partial charge in [-0.25, -0.2) is 4.98 Å². The van der Waals surface area contributed by atoms with Crippen LogP contribution in [-0.2, 0) is 0 Å². The summed E-state index contributed by atoms with van der Waals surface area (Å²) >= 11 is 6.84. The molecule has 0 aromatic carbocycles. The summed E-state index contributed by atoms with van der Waals surface area (Å²) in [5, 5.41) is 9.84. The van der Waals surface area contributed by atoms with Gasteiger partial charge in [-0.1, -0.05) is 23.4 Å². The second kappa shape index (κ2) is 4.97. The number of aromatic nitrogens is 1. The summed E-state index contributed by atoms with van der Waals surface area (Å²) in [7, 11) is 0. The summed E-state index contributed by atoms with van der Waals surface area (Å²) in [5.41, 5.74) is 0.271. The van der Waals surface area contributed by atoms with E-state index in [2.05, 4.69) is 10.3 Å². The largest absolute Gasteiger partial charge is 0.301 e. The molecule has 1 amide bonds. The fourth-order valence-corrected chi connectivity index (χ4v) is 1.18. The van der Waals surface area contributed by atoms with Crippen LogP contribution < -0.4 is 5.32 Å². The third-order valence-corrected chi connectivity index (χ3v) is 2.25. The van der Waals surface area contributed by atoms with Crippen LogP contribution in [0.4, 0.5) is 0 Å². The number of amides is 1. The lowest BCUT2D eigenvalue weighted by Crippen LogP contribution is -2.27. The Hall–Kier alpha value is -1.07. The van der Waals surface area contributed by atoms with Crippen molar-refractivity contribution in [2.75, 3.05) is 6.26 Å². The van der Waals surface area contributed by atoms with E-state index in [-0.39, 0.29) is 15.9 Å². The van der Waals surface area contributed by atoms with Crippen LogP contribution in [0.1, 0.15) is 10.4 Å². The molecule has 2 N–H and O–H groups in total. The maximum Gasteiger partial charge on any atom is 0.260 e. The SMILES string of the molecule is CSC(=N)NC(=O)c1cccnc1Cl. The number of carbonyl (C=O) groups excluding carboxylic acids is 1. The van der Waals surface area contributed by atoms with Crippen LogP contribution in [0.25, 0.3) is 0 Å². The fourth-order valence-electron chi connectivity index (χ4n) is 0.777. The maximum atomic E-state index is 11.4. The van der Waals surface area contributed by atoms with Crippen LogP contribution in [0.2, 0.25) is 5.15 Å². The zero-order valence-corrected chi connectivity index (χ0v) is 8.95. The molecule has 1 rings (SSSR count). The first-order valence-corrected chi connectivity index (χ1v) is 5.30. The van der Waals surface area contributed by atoms with E-state index < -0.39 is 5.91 Å². The Balaban J connectivity index is 2.80. The van der Waals surface area contributed by atoms with E-state index in [9.17, 15) is 4.79 Å². The molecule has 0 saturated heterocycles. The van der Waals surface area contributed by atoms with Gasteiger partial charge in [-0.05, 0) is 18.4 Å². The average molecular weight is 230 g/mol. The quantitative estimate of drug-likeness (QED) is 0.438. The molecule has 0 fully saturated rings. The minimum Gasteiger partial charge on any atom is -0.301 e. The molecule has 0 atom stereocenters. The molecule has 0 radical (unpaired) electrons. The molecule has 0 unspecified atom stereocenters. The molecular weight excluding hydrogens is 222 g/mol. The Bertz CT molecular complexity index is 369. The van der Waals surface area contributed by atoms with Crippen molar-refractivity contribution in [1.29, 1.82) is 5.41 Å². The van der Waals surface area contributed by atoms with Crippen LogP contribution in [0.15, 0.2) is 18.3 Å². The van der Waals surface area contributed by atoms with Crippen molar-refractivity contribution in [3.05, 3.63) is 29.0 Å². The molecule has 14 heavy (non-hydrogen) atoms. The Morgan fingerprint density at radius 1 is 1.71 bits per heavy atom.